The van der Waals surface area contributed by atoms with Crippen molar-refractivity contribution in [1.29, 1.82) is 0 Å². The standard InChI is InChI=1S/C16H21F3N2O4S/c1-3-14(16(17,18)19)25-13-5-4-11(26(2,23)24)10-12(13)15(22)21-8-6-20-7-9-21/h4-5,10,14,20H,3,6-9H2,1-2H3. The van der Waals surface area contributed by atoms with Gasteiger partial charge in [0.2, 0.25) is 0 Å². The number of nitrogens with zero attached hydrogens (tertiary/aromatic N) is 1. The van der Waals surface area contributed by atoms with Crippen molar-refractivity contribution in [1.82, 2.24) is 10.2 Å². The molecule has 0 saturated carbocycles. The summed E-state index contributed by atoms with van der Waals surface area (Å²) in [5, 5.41) is 3.06. The SMILES string of the molecule is CCC(Oc1ccc(S(C)(=O)=O)cc1C(=O)N1CCNCC1)C(F)(F)F. The topological polar surface area (TPSA) is 75.7 Å². The van der Waals surface area contributed by atoms with Crippen LogP contribution in [0.3, 0.4) is 0 Å². The Morgan fingerprint density at radius 1 is 1.31 bits per heavy atom. The molecule has 0 aromatic heterocycles. The van der Waals surface area contributed by atoms with Gasteiger partial charge in [-0.2, -0.15) is 13.2 Å². The predicted molar refractivity (Wildman–Crippen MR) is 89.1 cm³/mol. The Balaban J connectivity index is 2.44. The second-order valence-electron chi connectivity index (χ2n) is 6.03. The molecule has 2 rings (SSSR count). The molecule has 0 spiro atoms. The third-order valence-electron chi connectivity index (χ3n) is 4.02. The Morgan fingerprint density at radius 3 is 2.42 bits per heavy atom. The van der Waals surface area contributed by atoms with E-state index in [1.54, 1.807) is 0 Å². The highest BCUT2D eigenvalue weighted by Gasteiger charge is 2.41. The van der Waals surface area contributed by atoms with Gasteiger partial charge >= 0.3 is 6.18 Å². The molecule has 1 saturated heterocycles. The van der Waals surface area contributed by atoms with Crippen LogP contribution in [-0.2, 0) is 9.84 Å². The van der Waals surface area contributed by atoms with Crippen molar-refractivity contribution in [2.45, 2.75) is 30.5 Å². The molecule has 1 aliphatic heterocycles. The van der Waals surface area contributed by atoms with Gasteiger partial charge in [-0.05, 0) is 24.6 Å². The number of alkyl halides is 3. The zero-order valence-electron chi connectivity index (χ0n) is 14.5. The summed E-state index contributed by atoms with van der Waals surface area (Å²) in [6, 6.07) is 3.33. The van der Waals surface area contributed by atoms with Crippen LogP contribution in [-0.4, -0.2) is 63.9 Å². The molecule has 26 heavy (non-hydrogen) atoms. The summed E-state index contributed by atoms with van der Waals surface area (Å²) in [6.07, 6.45) is -6.05. The Hall–Kier alpha value is -1.81. The smallest absolute Gasteiger partial charge is 0.425 e. The maximum absolute atomic E-state index is 13.0. The molecule has 1 fully saturated rings. The number of nitrogens with one attached hydrogen (secondary N) is 1. The average molecular weight is 394 g/mol. The predicted octanol–water partition coefficient (Wildman–Crippen LogP) is 1.86. The normalized spacial score (nSPS) is 17.0. The quantitative estimate of drug-likeness (QED) is 0.825. The van der Waals surface area contributed by atoms with Crippen molar-refractivity contribution in [2.75, 3.05) is 32.4 Å². The molecule has 1 aromatic rings. The monoisotopic (exact) mass is 394 g/mol. The fraction of sp³-hybridized carbons (Fsp3) is 0.562. The molecule has 1 amide bonds. The van der Waals surface area contributed by atoms with Gasteiger partial charge in [0.1, 0.15) is 5.75 Å². The van der Waals surface area contributed by atoms with Gasteiger partial charge in [0.15, 0.2) is 15.9 Å². The number of amides is 1. The lowest BCUT2D eigenvalue weighted by Crippen LogP contribution is -2.46. The molecule has 0 bridgehead atoms. The first kappa shape index (κ1) is 20.5. The van der Waals surface area contributed by atoms with Gasteiger partial charge in [0.05, 0.1) is 10.5 Å². The molecule has 1 heterocycles. The van der Waals surface area contributed by atoms with E-state index in [2.05, 4.69) is 5.32 Å². The van der Waals surface area contributed by atoms with E-state index in [9.17, 15) is 26.4 Å². The van der Waals surface area contributed by atoms with Crippen LogP contribution in [0.15, 0.2) is 23.1 Å². The Labute approximate surface area is 150 Å². The number of hydrogen-bond acceptors (Lipinski definition) is 5. The minimum absolute atomic E-state index is 0.150. The summed E-state index contributed by atoms with van der Waals surface area (Å²) in [4.78, 5) is 14.1. The third kappa shape index (κ3) is 4.88. The Kier molecular flexibility index (Phi) is 6.17. The van der Waals surface area contributed by atoms with E-state index in [4.69, 9.17) is 4.74 Å². The third-order valence-corrected chi connectivity index (χ3v) is 5.13. The van der Waals surface area contributed by atoms with Crippen molar-refractivity contribution in [2.24, 2.45) is 0 Å². The fourth-order valence-corrected chi connectivity index (χ4v) is 3.23. The van der Waals surface area contributed by atoms with Crippen LogP contribution in [0.25, 0.3) is 0 Å². The van der Waals surface area contributed by atoms with Gasteiger partial charge in [0.25, 0.3) is 5.91 Å². The summed E-state index contributed by atoms with van der Waals surface area (Å²) in [7, 11) is -3.63. The first-order chi connectivity index (χ1) is 12.0. The lowest BCUT2D eigenvalue weighted by atomic mass is 10.1. The van der Waals surface area contributed by atoms with E-state index in [1.807, 2.05) is 0 Å². The number of rotatable bonds is 5. The zero-order chi connectivity index (χ0) is 19.5. The molecular formula is C16H21F3N2O4S. The highest BCUT2D eigenvalue weighted by atomic mass is 32.2. The lowest BCUT2D eigenvalue weighted by Gasteiger charge is -2.29. The van der Waals surface area contributed by atoms with Crippen LogP contribution in [0.5, 0.6) is 5.75 Å². The van der Waals surface area contributed by atoms with Gasteiger partial charge in [0, 0.05) is 32.4 Å². The summed E-state index contributed by atoms with van der Waals surface area (Å²) >= 11 is 0. The van der Waals surface area contributed by atoms with Crippen molar-refractivity contribution < 1.29 is 31.1 Å². The van der Waals surface area contributed by atoms with E-state index in [-0.39, 0.29) is 22.6 Å². The molecule has 10 heteroatoms. The van der Waals surface area contributed by atoms with Crippen molar-refractivity contribution in [3.8, 4) is 5.75 Å². The zero-order valence-corrected chi connectivity index (χ0v) is 15.3. The number of carbonyl (C=O) groups excluding carboxylic acids is 1. The van der Waals surface area contributed by atoms with Gasteiger partial charge in [-0.25, -0.2) is 8.42 Å². The van der Waals surface area contributed by atoms with Crippen LogP contribution >= 0.6 is 0 Å². The van der Waals surface area contributed by atoms with Crippen LogP contribution in [0.2, 0.25) is 0 Å². The number of halogens is 3. The van der Waals surface area contributed by atoms with E-state index in [0.29, 0.717) is 26.2 Å². The summed E-state index contributed by atoms with van der Waals surface area (Å²) in [6.45, 7) is 3.16. The number of ether oxygens (including phenoxy) is 1. The molecular weight excluding hydrogens is 373 g/mol. The van der Waals surface area contributed by atoms with Crippen LogP contribution < -0.4 is 10.1 Å². The minimum Gasteiger partial charge on any atom is -0.480 e. The van der Waals surface area contributed by atoms with Crippen molar-refractivity contribution >= 4 is 15.7 Å². The molecule has 1 aromatic carbocycles. The maximum Gasteiger partial charge on any atom is 0.425 e. The molecule has 146 valence electrons. The number of sulfone groups is 1. The highest BCUT2D eigenvalue weighted by Crippen LogP contribution is 2.31. The van der Waals surface area contributed by atoms with Gasteiger partial charge in [-0.15, -0.1) is 0 Å². The number of carbonyl (C=O) groups is 1. The van der Waals surface area contributed by atoms with E-state index in [1.165, 1.54) is 11.8 Å². The molecule has 0 aliphatic carbocycles. The second kappa shape index (κ2) is 7.83. The van der Waals surface area contributed by atoms with Crippen LogP contribution in [0.4, 0.5) is 13.2 Å². The summed E-state index contributed by atoms with van der Waals surface area (Å²) in [5.41, 5.74) is -0.183. The van der Waals surface area contributed by atoms with Crippen LogP contribution in [0, 0.1) is 0 Å². The number of piperazine rings is 1. The van der Waals surface area contributed by atoms with E-state index in [0.717, 1.165) is 24.5 Å². The van der Waals surface area contributed by atoms with E-state index >= 15 is 0 Å². The number of benzene rings is 1. The van der Waals surface area contributed by atoms with Gasteiger partial charge < -0.3 is 15.0 Å². The molecule has 1 unspecified atom stereocenters. The van der Waals surface area contributed by atoms with E-state index < -0.39 is 28.0 Å². The summed E-state index contributed by atoms with van der Waals surface area (Å²) < 4.78 is 67.7. The number of hydrogen-bond donors (Lipinski definition) is 1. The minimum atomic E-state index is -4.60. The second-order valence-corrected chi connectivity index (χ2v) is 8.04. The highest BCUT2D eigenvalue weighted by molar-refractivity contribution is 7.90. The van der Waals surface area contributed by atoms with Crippen molar-refractivity contribution in [3.63, 3.8) is 0 Å². The Bertz CT molecular complexity index is 759. The fourth-order valence-electron chi connectivity index (χ4n) is 2.58. The molecule has 6 nitrogen and oxygen atoms in total. The Morgan fingerprint density at radius 2 is 1.92 bits per heavy atom. The molecule has 1 atom stereocenters. The van der Waals surface area contributed by atoms with Gasteiger partial charge in [-0.1, -0.05) is 6.92 Å². The van der Waals surface area contributed by atoms with Gasteiger partial charge in [-0.3, -0.25) is 4.79 Å². The molecule has 0 radical (unpaired) electrons. The first-order valence-corrected chi connectivity index (χ1v) is 10.0. The van der Waals surface area contributed by atoms with Crippen LogP contribution in [0.1, 0.15) is 23.7 Å². The summed E-state index contributed by atoms with van der Waals surface area (Å²) in [5.74, 6) is -0.825. The van der Waals surface area contributed by atoms with Crippen molar-refractivity contribution in [3.05, 3.63) is 23.8 Å². The lowest BCUT2D eigenvalue weighted by molar-refractivity contribution is -0.195. The maximum atomic E-state index is 13.0. The first-order valence-electron chi connectivity index (χ1n) is 8.11. The largest absolute Gasteiger partial charge is 0.480 e. The molecule has 1 aliphatic rings. The average Bonchev–Trinajstić information content (AvgIpc) is 2.57. The molecule has 1 N–H and O–H groups in total.